The molecule has 1 aromatic heterocycles. The molecule has 0 radical (unpaired) electrons. The lowest BCUT2D eigenvalue weighted by atomic mass is 9.95. The van der Waals surface area contributed by atoms with Crippen LogP contribution in [-0.2, 0) is 4.79 Å². The zero-order valence-electron chi connectivity index (χ0n) is 16.1. The Morgan fingerprint density at radius 3 is 2.71 bits per heavy atom. The fourth-order valence-corrected chi connectivity index (χ4v) is 4.32. The molecule has 2 aromatic carbocycles. The van der Waals surface area contributed by atoms with Crippen LogP contribution >= 0.6 is 15.9 Å². The molecule has 28 heavy (non-hydrogen) atoms. The molecule has 5 nitrogen and oxygen atoms in total. The predicted molar refractivity (Wildman–Crippen MR) is 115 cm³/mol. The largest absolute Gasteiger partial charge is 0.440 e. The molecule has 1 aliphatic rings. The molecule has 1 aliphatic heterocycles. The van der Waals surface area contributed by atoms with Gasteiger partial charge in [-0.2, -0.15) is 0 Å². The lowest BCUT2D eigenvalue weighted by Gasteiger charge is -2.34. The molecule has 1 atom stereocenters. The molecule has 1 amide bonds. The second kappa shape index (κ2) is 8.05. The van der Waals surface area contributed by atoms with Gasteiger partial charge in [0.1, 0.15) is 5.52 Å². The Kier molecular flexibility index (Phi) is 5.51. The normalized spacial score (nSPS) is 17.0. The minimum absolute atomic E-state index is 0.0184. The van der Waals surface area contributed by atoms with Crippen LogP contribution in [0.2, 0.25) is 0 Å². The number of benzene rings is 2. The fraction of sp³-hybridized carbons (Fsp3) is 0.364. The number of para-hydroxylation sites is 2. The molecule has 0 bridgehead atoms. The molecule has 6 heteroatoms. The van der Waals surface area contributed by atoms with E-state index in [2.05, 4.69) is 31.1 Å². The van der Waals surface area contributed by atoms with Gasteiger partial charge in [-0.1, -0.05) is 18.2 Å². The minimum Gasteiger partial charge on any atom is -0.440 e. The highest BCUT2D eigenvalue weighted by atomic mass is 79.9. The van der Waals surface area contributed by atoms with Gasteiger partial charge in [0.25, 0.3) is 0 Å². The third kappa shape index (κ3) is 3.98. The summed E-state index contributed by atoms with van der Waals surface area (Å²) in [5.74, 6) is 1.15. The number of hydrogen-bond acceptors (Lipinski definition) is 4. The first-order chi connectivity index (χ1) is 13.5. The van der Waals surface area contributed by atoms with Crippen molar-refractivity contribution in [3.63, 3.8) is 0 Å². The van der Waals surface area contributed by atoms with Gasteiger partial charge in [-0.15, -0.1) is 0 Å². The number of amides is 1. The SMILES string of the molecule is Cc1ccc(NC(=O)C(C)N2CCC(c3nc4ccccc4o3)CC2)c(Br)c1. The molecule has 0 aliphatic carbocycles. The molecular formula is C22H24BrN3O2. The molecule has 1 unspecified atom stereocenters. The Morgan fingerprint density at radius 2 is 2.00 bits per heavy atom. The molecule has 1 saturated heterocycles. The van der Waals surface area contributed by atoms with Crippen LogP contribution in [-0.4, -0.2) is 34.9 Å². The summed E-state index contributed by atoms with van der Waals surface area (Å²) in [6.45, 7) is 5.71. The third-order valence-electron chi connectivity index (χ3n) is 5.50. The molecule has 0 spiro atoms. The van der Waals surface area contributed by atoms with Gasteiger partial charge < -0.3 is 9.73 Å². The van der Waals surface area contributed by atoms with Crippen molar-refractivity contribution in [3.8, 4) is 0 Å². The van der Waals surface area contributed by atoms with Crippen molar-refractivity contribution in [1.82, 2.24) is 9.88 Å². The zero-order chi connectivity index (χ0) is 19.7. The minimum atomic E-state index is -0.183. The summed E-state index contributed by atoms with van der Waals surface area (Å²) in [6.07, 6.45) is 1.89. The number of aryl methyl sites for hydroxylation is 1. The molecular weight excluding hydrogens is 418 g/mol. The van der Waals surface area contributed by atoms with Gasteiger partial charge in [-0.25, -0.2) is 4.98 Å². The third-order valence-corrected chi connectivity index (χ3v) is 6.15. The Balaban J connectivity index is 1.36. The number of carbonyl (C=O) groups excluding carboxylic acids is 1. The number of anilines is 1. The second-order valence-electron chi connectivity index (χ2n) is 7.48. The van der Waals surface area contributed by atoms with E-state index >= 15 is 0 Å². The predicted octanol–water partition coefficient (Wildman–Crippen LogP) is 5.11. The number of rotatable bonds is 4. The first kappa shape index (κ1) is 19.2. The molecule has 3 aromatic rings. The maximum Gasteiger partial charge on any atom is 0.241 e. The van der Waals surface area contributed by atoms with Crippen molar-refractivity contribution in [2.75, 3.05) is 18.4 Å². The highest BCUT2D eigenvalue weighted by Crippen LogP contribution is 2.31. The maximum absolute atomic E-state index is 12.7. The van der Waals surface area contributed by atoms with E-state index in [1.807, 2.05) is 56.3 Å². The number of nitrogens with zero attached hydrogens (tertiary/aromatic N) is 2. The smallest absolute Gasteiger partial charge is 0.241 e. The standard InChI is InChI=1S/C22H24BrN3O2/c1-14-7-8-18(17(23)13-14)24-21(27)15(2)26-11-9-16(10-12-26)22-25-19-5-3-4-6-20(19)28-22/h3-8,13,15-16H,9-12H2,1-2H3,(H,24,27). The number of fused-ring (bicyclic) bond motifs is 1. The van der Waals surface area contributed by atoms with E-state index in [1.165, 1.54) is 0 Å². The molecule has 1 N–H and O–H groups in total. The maximum atomic E-state index is 12.7. The first-order valence-electron chi connectivity index (χ1n) is 9.68. The number of nitrogens with one attached hydrogen (secondary N) is 1. The zero-order valence-corrected chi connectivity index (χ0v) is 17.7. The Labute approximate surface area is 173 Å². The summed E-state index contributed by atoms with van der Waals surface area (Å²) in [5, 5.41) is 3.04. The van der Waals surface area contributed by atoms with Crippen molar-refractivity contribution in [2.45, 2.75) is 38.6 Å². The second-order valence-corrected chi connectivity index (χ2v) is 8.33. The number of hydrogen-bond donors (Lipinski definition) is 1. The van der Waals surface area contributed by atoms with Crippen molar-refractivity contribution >= 4 is 38.6 Å². The lowest BCUT2D eigenvalue weighted by molar-refractivity contribution is -0.121. The molecule has 146 valence electrons. The molecule has 1 fully saturated rings. The number of likely N-dealkylation sites (tertiary alicyclic amines) is 1. The summed E-state index contributed by atoms with van der Waals surface area (Å²) in [5.41, 5.74) is 3.72. The van der Waals surface area contributed by atoms with E-state index in [1.54, 1.807) is 0 Å². The summed E-state index contributed by atoms with van der Waals surface area (Å²) in [7, 11) is 0. The van der Waals surface area contributed by atoms with Crippen LogP contribution in [0.5, 0.6) is 0 Å². The first-order valence-corrected chi connectivity index (χ1v) is 10.5. The average Bonchev–Trinajstić information content (AvgIpc) is 3.14. The van der Waals surface area contributed by atoms with E-state index in [9.17, 15) is 4.79 Å². The number of carbonyl (C=O) groups is 1. The van der Waals surface area contributed by atoms with Crippen LogP contribution in [0.4, 0.5) is 5.69 Å². The summed E-state index contributed by atoms with van der Waals surface area (Å²) in [4.78, 5) is 19.6. The van der Waals surface area contributed by atoms with E-state index in [0.29, 0.717) is 5.92 Å². The number of aromatic nitrogens is 1. The highest BCUT2D eigenvalue weighted by Gasteiger charge is 2.29. The summed E-state index contributed by atoms with van der Waals surface area (Å²) in [6, 6.07) is 13.6. The van der Waals surface area contributed by atoms with Crippen molar-refractivity contribution in [2.24, 2.45) is 0 Å². The Bertz CT molecular complexity index is 959. The van der Waals surface area contributed by atoms with E-state index in [4.69, 9.17) is 4.42 Å². The van der Waals surface area contributed by atoms with Gasteiger partial charge in [0.05, 0.1) is 11.7 Å². The van der Waals surface area contributed by atoms with E-state index in [-0.39, 0.29) is 11.9 Å². The van der Waals surface area contributed by atoms with Gasteiger partial charge in [-0.3, -0.25) is 9.69 Å². The van der Waals surface area contributed by atoms with Crippen LogP contribution in [0.25, 0.3) is 11.1 Å². The van der Waals surface area contributed by atoms with Crippen LogP contribution in [0.15, 0.2) is 51.4 Å². The lowest BCUT2D eigenvalue weighted by Crippen LogP contribution is -2.45. The fourth-order valence-electron chi connectivity index (χ4n) is 3.72. The van der Waals surface area contributed by atoms with Gasteiger partial charge in [0.15, 0.2) is 11.5 Å². The van der Waals surface area contributed by atoms with Gasteiger partial charge in [0.2, 0.25) is 5.91 Å². The monoisotopic (exact) mass is 441 g/mol. The summed E-state index contributed by atoms with van der Waals surface area (Å²) < 4.78 is 6.84. The topological polar surface area (TPSA) is 58.4 Å². The highest BCUT2D eigenvalue weighted by molar-refractivity contribution is 9.10. The molecule has 4 rings (SSSR count). The Hall–Kier alpha value is -2.18. The van der Waals surface area contributed by atoms with Gasteiger partial charge in [-0.05, 0) is 85.5 Å². The van der Waals surface area contributed by atoms with Crippen LogP contribution < -0.4 is 5.32 Å². The van der Waals surface area contributed by atoms with Crippen molar-refractivity contribution in [3.05, 3.63) is 58.4 Å². The number of piperidine rings is 1. The summed E-state index contributed by atoms with van der Waals surface area (Å²) >= 11 is 3.52. The Morgan fingerprint density at radius 1 is 1.25 bits per heavy atom. The average molecular weight is 442 g/mol. The van der Waals surface area contributed by atoms with Crippen LogP contribution in [0.1, 0.15) is 37.1 Å². The molecule has 0 saturated carbocycles. The van der Waals surface area contributed by atoms with E-state index < -0.39 is 0 Å². The molecule has 2 heterocycles. The van der Waals surface area contributed by atoms with Gasteiger partial charge >= 0.3 is 0 Å². The van der Waals surface area contributed by atoms with Crippen LogP contribution in [0, 0.1) is 6.92 Å². The number of oxazole rings is 1. The van der Waals surface area contributed by atoms with Gasteiger partial charge in [0, 0.05) is 10.4 Å². The van der Waals surface area contributed by atoms with E-state index in [0.717, 1.165) is 58.6 Å². The number of halogens is 1. The van der Waals surface area contributed by atoms with Crippen molar-refractivity contribution in [1.29, 1.82) is 0 Å². The van der Waals surface area contributed by atoms with Crippen molar-refractivity contribution < 1.29 is 9.21 Å². The van der Waals surface area contributed by atoms with Crippen LogP contribution in [0.3, 0.4) is 0 Å². The quantitative estimate of drug-likeness (QED) is 0.611.